The Morgan fingerprint density at radius 1 is 1.50 bits per heavy atom. The van der Waals surface area contributed by atoms with Crippen LogP contribution in [0.3, 0.4) is 0 Å². The Kier molecular flexibility index (Phi) is 2.85. The highest BCUT2D eigenvalue weighted by atomic mass is 32.1. The molecule has 0 aliphatic heterocycles. The van der Waals surface area contributed by atoms with Crippen LogP contribution in [-0.2, 0) is 11.3 Å². The van der Waals surface area contributed by atoms with Crippen LogP contribution in [0.25, 0.3) is 0 Å². The molecule has 1 heterocycles. The van der Waals surface area contributed by atoms with Gasteiger partial charge in [-0.25, -0.2) is 4.98 Å². The summed E-state index contributed by atoms with van der Waals surface area (Å²) >= 11 is 4.82. The summed E-state index contributed by atoms with van der Waals surface area (Å²) in [4.78, 5) is 15.1. The summed E-state index contributed by atoms with van der Waals surface area (Å²) in [6, 6.07) is 0. The number of carbonyl (C=O) groups is 1. The van der Waals surface area contributed by atoms with Crippen LogP contribution < -0.4 is 11.5 Å². The molecule has 0 aliphatic rings. The average Bonchev–Trinajstić information content (AvgIpc) is 2.32. The van der Waals surface area contributed by atoms with E-state index < -0.39 is 5.91 Å². The Balaban J connectivity index is 3.23. The molecule has 6 heteroatoms. The third-order valence-electron chi connectivity index (χ3n) is 1.99. The number of aryl methyl sites for hydroxylation is 1. The molecule has 0 spiro atoms. The van der Waals surface area contributed by atoms with Crippen LogP contribution in [0, 0.1) is 13.8 Å². The van der Waals surface area contributed by atoms with Gasteiger partial charge >= 0.3 is 0 Å². The highest BCUT2D eigenvalue weighted by molar-refractivity contribution is 7.80. The Bertz CT molecular complexity index is 396. The second-order valence-electron chi connectivity index (χ2n) is 3.02. The fourth-order valence-corrected chi connectivity index (χ4v) is 1.35. The SMILES string of the molecule is Cc1nc(C(N)=S)n(CC(N)=O)c1C. The molecule has 0 aliphatic carbocycles. The van der Waals surface area contributed by atoms with E-state index in [0.717, 1.165) is 11.4 Å². The van der Waals surface area contributed by atoms with E-state index in [4.69, 9.17) is 23.7 Å². The predicted octanol–water partition coefficient (Wildman–Crippen LogP) is -0.381. The molecule has 1 amide bonds. The lowest BCUT2D eigenvalue weighted by molar-refractivity contribution is -0.118. The van der Waals surface area contributed by atoms with Crippen molar-refractivity contribution in [3.63, 3.8) is 0 Å². The van der Waals surface area contributed by atoms with Crippen LogP contribution in [0.1, 0.15) is 17.2 Å². The zero-order valence-electron chi connectivity index (χ0n) is 8.07. The van der Waals surface area contributed by atoms with Crippen LogP contribution in [0.15, 0.2) is 0 Å². The number of carbonyl (C=O) groups excluding carboxylic acids is 1. The lowest BCUT2D eigenvalue weighted by Gasteiger charge is -2.05. The van der Waals surface area contributed by atoms with E-state index in [2.05, 4.69) is 4.98 Å². The number of imidazole rings is 1. The molecule has 14 heavy (non-hydrogen) atoms. The van der Waals surface area contributed by atoms with E-state index >= 15 is 0 Å². The molecule has 0 radical (unpaired) electrons. The normalized spacial score (nSPS) is 10.1. The molecular formula is C8H12N4OS. The number of nitrogens with zero attached hydrogens (tertiary/aromatic N) is 2. The Morgan fingerprint density at radius 3 is 2.50 bits per heavy atom. The van der Waals surface area contributed by atoms with Crippen molar-refractivity contribution >= 4 is 23.1 Å². The number of amides is 1. The van der Waals surface area contributed by atoms with E-state index in [-0.39, 0.29) is 11.5 Å². The standard InChI is InChI=1S/C8H12N4OS/c1-4-5(2)12(3-6(9)13)8(11-4)7(10)14/h3H2,1-2H3,(H2,9,13)(H2,10,14). The number of rotatable bonds is 3. The van der Waals surface area contributed by atoms with E-state index in [0.29, 0.717) is 5.82 Å². The molecular weight excluding hydrogens is 200 g/mol. The van der Waals surface area contributed by atoms with Crippen molar-refractivity contribution < 1.29 is 4.79 Å². The third-order valence-corrected chi connectivity index (χ3v) is 2.17. The predicted molar refractivity (Wildman–Crippen MR) is 56.8 cm³/mol. The summed E-state index contributed by atoms with van der Waals surface area (Å²) in [7, 11) is 0. The smallest absolute Gasteiger partial charge is 0.237 e. The zero-order chi connectivity index (χ0) is 10.9. The first-order chi connectivity index (χ1) is 6.43. The minimum absolute atomic E-state index is 0.0549. The summed E-state index contributed by atoms with van der Waals surface area (Å²) in [5.41, 5.74) is 12.2. The van der Waals surface area contributed by atoms with E-state index in [1.807, 2.05) is 13.8 Å². The lowest BCUT2D eigenvalue weighted by atomic mass is 10.4. The quantitative estimate of drug-likeness (QED) is 0.669. The highest BCUT2D eigenvalue weighted by Gasteiger charge is 2.14. The van der Waals surface area contributed by atoms with Crippen LogP contribution in [0.2, 0.25) is 0 Å². The Morgan fingerprint density at radius 2 is 2.07 bits per heavy atom. The average molecular weight is 212 g/mol. The van der Waals surface area contributed by atoms with Crippen molar-refractivity contribution in [3.05, 3.63) is 17.2 Å². The summed E-state index contributed by atoms with van der Waals surface area (Å²) in [6.07, 6.45) is 0. The molecule has 0 unspecified atom stereocenters. The molecule has 1 aromatic rings. The Labute approximate surface area is 87.1 Å². The second-order valence-corrected chi connectivity index (χ2v) is 3.46. The third kappa shape index (κ3) is 1.90. The van der Waals surface area contributed by atoms with Crippen molar-refractivity contribution in [1.82, 2.24) is 9.55 Å². The minimum atomic E-state index is -0.442. The zero-order valence-corrected chi connectivity index (χ0v) is 8.89. The van der Waals surface area contributed by atoms with Crippen molar-refractivity contribution in [1.29, 1.82) is 0 Å². The van der Waals surface area contributed by atoms with Crippen molar-refractivity contribution in [3.8, 4) is 0 Å². The van der Waals surface area contributed by atoms with Crippen molar-refractivity contribution in [2.75, 3.05) is 0 Å². The lowest BCUT2D eigenvalue weighted by Crippen LogP contribution is -2.24. The highest BCUT2D eigenvalue weighted by Crippen LogP contribution is 2.09. The fourth-order valence-electron chi connectivity index (χ4n) is 1.19. The topological polar surface area (TPSA) is 86.9 Å². The van der Waals surface area contributed by atoms with Crippen LogP contribution >= 0.6 is 12.2 Å². The number of nitrogens with two attached hydrogens (primary N) is 2. The number of hydrogen-bond donors (Lipinski definition) is 2. The van der Waals surface area contributed by atoms with Crippen LogP contribution in [-0.4, -0.2) is 20.4 Å². The molecule has 1 aromatic heterocycles. The molecule has 0 bridgehead atoms. The van der Waals surface area contributed by atoms with Gasteiger partial charge in [0.15, 0.2) is 5.82 Å². The monoisotopic (exact) mass is 212 g/mol. The van der Waals surface area contributed by atoms with Gasteiger partial charge < -0.3 is 16.0 Å². The maximum absolute atomic E-state index is 10.8. The molecule has 5 nitrogen and oxygen atoms in total. The molecule has 4 N–H and O–H groups in total. The number of hydrogen-bond acceptors (Lipinski definition) is 3. The molecule has 1 rings (SSSR count). The van der Waals surface area contributed by atoms with Crippen LogP contribution in [0.5, 0.6) is 0 Å². The number of thiocarbonyl (C=S) groups is 1. The van der Waals surface area contributed by atoms with Gasteiger partial charge in [-0.1, -0.05) is 12.2 Å². The minimum Gasteiger partial charge on any atom is -0.387 e. The van der Waals surface area contributed by atoms with Gasteiger partial charge in [0.05, 0.1) is 5.69 Å². The summed E-state index contributed by atoms with van der Waals surface area (Å²) in [6.45, 7) is 3.72. The maximum Gasteiger partial charge on any atom is 0.237 e. The van der Waals surface area contributed by atoms with Crippen LogP contribution in [0.4, 0.5) is 0 Å². The van der Waals surface area contributed by atoms with Gasteiger partial charge in [0, 0.05) is 5.69 Å². The van der Waals surface area contributed by atoms with Gasteiger partial charge in [-0.05, 0) is 13.8 Å². The largest absolute Gasteiger partial charge is 0.387 e. The molecule has 0 saturated heterocycles. The molecule has 0 atom stereocenters. The summed E-state index contributed by atoms with van der Waals surface area (Å²) in [5.74, 6) is -0.00296. The molecule has 0 aromatic carbocycles. The van der Waals surface area contributed by atoms with Gasteiger partial charge in [-0.2, -0.15) is 0 Å². The van der Waals surface area contributed by atoms with Crippen molar-refractivity contribution in [2.45, 2.75) is 20.4 Å². The maximum atomic E-state index is 10.8. The van der Waals surface area contributed by atoms with Gasteiger partial charge in [0.25, 0.3) is 0 Å². The molecule has 76 valence electrons. The number of primary amides is 1. The summed E-state index contributed by atoms with van der Waals surface area (Å²) in [5, 5.41) is 0. The van der Waals surface area contributed by atoms with Gasteiger partial charge in [-0.3, -0.25) is 4.79 Å². The van der Waals surface area contributed by atoms with Gasteiger partial charge in [-0.15, -0.1) is 0 Å². The first-order valence-electron chi connectivity index (χ1n) is 4.05. The Hall–Kier alpha value is -1.43. The van der Waals surface area contributed by atoms with E-state index in [9.17, 15) is 4.79 Å². The molecule has 0 fully saturated rings. The van der Waals surface area contributed by atoms with E-state index in [1.165, 1.54) is 0 Å². The van der Waals surface area contributed by atoms with E-state index in [1.54, 1.807) is 4.57 Å². The first kappa shape index (κ1) is 10.6. The molecule has 0 saturated carbocycles. The second kappa shape index (κ2) is 3.75. The van der Waals surface area contributed by atoms with Gasteiger partial charge in [0.2, 0.25) is 5.91 Å². The fraction of sp³-hybridized carbons (Fsp3) is 0.375. The summed E-state index contributed by atoms with van der Waals surface area (Å²) < 4.78 is 1.62. The number of aromatic nitrogens is 2. The van der Waals surface area contributed by atoms with Crippen molar-refractivity contribution in [2.24, 2.45) is 11.5 Å². The first-order valence-corrected chi connectivity index (χ1v) is 4.46. The van der Waals surface area contributed by atoms with Gasteiger partial charge in [0.1, 0.15) is 11.5 Å².